The van der Waals surface area contributed by atoms with Gasteiger partial charge in [-0.3, -0.25) is 0 Å². The summed E-state index contributed by atoms with van der Waals surface area (Å²) in [6.45, 7) is 8.64. The maximum atomic E-state index is 5.84. The van der Waals surface area contributed by atoms with Crippen LogP contribution in [0, 0.1) is 0 Å². The summed E-state index contributed by atoms with van der Waals surface area (Å²) in [7, 11) is 0. The van der Waals surface area contributed by atoms with Gasteiger partial charge in [0.05, 0.1) is 11.9 Å². The van der Waals surface area contributed by atoms with Crippen LogP contribution in [-0.2, 0) is 5.75 Å². The third-order valence-electron chi connectivity index (χ3n) is 1.96. The van der Waals surface area contributed by atoms with Crippen molar-refractivity contribution in [1.29, 1.82) is 0 Å². The first-order valence-electron chi connectivity index (χ1n) is 4.95. The van der Waals surface area contributed by atoms with Crippen LogP contribution in [0.15, 0.2) is 6.20 Å². The third-order valence-corrected chi connectivity index (χ3v) is 3.06. The molecule has 1 rings (SSSR count). The van der Waals surface area contributed by atoms with Crippen LogP contribution in [0.5, 0.6) is 0 Å². The van der Waals surface area contributed by atoms with Gasteiger partial charge in [-0.25, -0.2) is 4.98 Å². The Bertz CT molecular complexity index is 292. The first-order chi connectivity index (χ1) is 6.52. The molecule has 0 spiro atoms. The molecule has 0 saturated heterocycles. The lowest BCUT2D eigenvalue weighted by Gasteiger charge is -2.13. The minimum Gasteiger partial charge on any atom is -0.384 e. The van der Waals surface area contributed by atoms with Crippen LogP contribution in [0.4, 0.5) is 5.82 Å². The molecular weight excluding hydrogens is 194 g/mol. The highest BCUT2D eigenvalue weighted by Gasteiger charge is 2.10. The summed E-state index contributed by atoms with van der Waals surface area (Å²) in [4.78, 5) is 4.33. The zero-order valence-corrected chi connectivity index (χ0v) is 10.1. The number of aromatic nitrogens is 2. The van der Waals surface area contributed by atoms with Crippen LogP contribution in [-0.4, -0.2) is 14.8 Å². The molecule has 0 radical (unpaired) electrons. The molecule has 0 saturated carbocycles. The lowest BCUT2D eigenvalue weighted by molar-refractivity contribution is 0.588. The Labute approximate surface area is 90.1 Å². The van der Waals surface area contributed by atoms with Gasteiger partial charge in [0.15, 0.2) is 0 Å². The van der Waals surface area contributed by atoms with Crippen LogP contribution in [0.2, 0.25) is 0 Å². The summed E-state index contributed by atoms with van der Waals surface area (Å²) < 4.78 is 2.09. The largest absolute Gasteiger partial charge is 0.384 e. The average Bonchev–Trinajstić information content (AvgIpc) is 2.43. The number of nitrogens with two attached hydrogens (primary N) is 1. The number of nitrogens with zero attached hydrogens (tertiary/aromatic N) is 2. The summed E-state index contributed by atoms with van der Waals surface area (Å²) in [6, 6.07) is 0.389. The molecule has 0 fully saturated rings. The van der Waals surface area contributed by atoms with Crippen molar-refractivity contribution in [2.75, 3.05) is 5.73 Å². The second-order valence-corrected chi connectivity index (χ2v) is 5.49. The van der Waals surface area contributed by atoms with Crippen molar-refractivity contribution in [2.24, 2.45) is 0 Å². The van der Waals surface area contributed by atoms with Gasteiger partial charge in [0.2, 0.25) is 0 Å². The Morgan fingerprint density at radius 2 is 2.07 bits per heavy atom. The number of nitrogen functional groups attached to an aromatic ring is 1. The number of hydrogen-bond donors (Lipinski definition) is 1. The predicted octanol–water partition coefficient (Wildman–Crippen LogP) is 2.69. The molecule has 80 valence electrons. The second-order valence-electron chi connectivity index (χ2n) is 3.92. The monoisotopic (exact) mass is 213 g/mol. The molecule has 1 heterocycles. The van der Waals surface area contributed by atoms with Crippen molar-refractivity contribution in [2.45, 2.75) is 44.7 Å². The van der Waals surface area contributed by atoms with Gasteiger partial charge in [0.25, 0.3) is 0 Å². The molecule has 0 aliphatic rings. The van der Waals surface area contributed by atoms with E-state index in [-0.39, 0.29) is 0 Å². The standard InChI is InChI=1S/C10H19N3S/c1-7(2)13-9(11)5-12-10(13)6-14-8(3)4/h5,7-8H,6,11H2,1-4H3. The van der Waals surface area contributed by atoms with E-state index in [0.717, 1.165) is 17.4 Å². The zero-order valence-electron chi connectivity index (χ0n) is 9.32. The third kappa shape index (κ3) is 2.67. The van der Waals surface area contributed by atoms with Crippen LogP contribution in [0.3, 0.4) is 0 Å². The van der Waals surface area contributed by atoms with Crippen molar-refractivity contribution in [3.05, 3.63) is 12.0 Å². The SMILES string of the molecule is CC(C)SCc1ncc(N)n1C(C)C. The molecule has 3 nitrogen and oxygen atoms in total. The second kappa shape index (κ2) is 4.73. The number of rotatable bonds is 4. The van der Waals surface area contributed by atoms with E-state index >= 15 is 0 Å². The van der Waals surface area contributed by atoms with Crippen molar-refractivity contribution < 1.29 is 0 Å². The molecule has 0 atom stereocenters. The highest BCUT2D eigenvalue weighted by Crippen LogP contribution is 2.21. The Kier molecular flexibility index (Phi) is 3.86. The number of anilines is 1. The van der Waals surface area contributed by atoms with Crippen molar-refractivity contribution >= 4 is 17.6 Å². The van der Waals surface area contributed by atoms with Gasteiger partial charge in [-0.05, 0) is 19.1 Å². The Hall–Kier alpha value is -0.640. The fourth-order valence-electron chi connectivity index (χ4n) is 1.36. The van der Waals surface area contributed by atoms with Gasteiger partial charge in [0.1, 0.15) is 11.6 Å². The number of hydrogen-bond acceptors (Lipinski definition) is 3. The molecule has 0 bridgehead atoms. The van der Waals surface area contributed by atoms with Crippen LogP contribution < -0.4 is 5.73 Å². The topological polar surface area (TPSA) is 43.8 Å². The fraction of sp³-hybridized carbons (Fsp3) is 0.700. The van der Waals surface area contributed by atoms with Gasteiger partial charge in [-0.1, -0.05) is 13.8 Å². The zero-order chi connectivity index (χ0) is 10.7. The number of imidazole rings is 1. The van der Waals surface area contributed by atoms with Crippen molar-refractivity contribution in [3.63, 3.8) is 0 Å². The molecule has 1 aromatic rings. The minimum absolute atomic E-state index is 0.389. The van der Waals surface area contributed by atoms with E-state index in [9.17, 15) is 0 Å². The molecule has 4 heteroatoms. The van der Waals surface area contributed by atoms with Gasteiger partial charge >= 0.3 is 0 Å². The highest BCUT2D eigenvalue weighted by atomic mass is 32.2. The van der Waals surface area contributed by atoms with E-state index in [1.807, 2.05) is 11.8 Å². The van der Waals surface area contributed by atoms with E-state index in [1.165, 1.54) is 0 Å². The fourth-order valence-corrected chi connectivity index (χ4v) is 2.05. The van der Waals surface area contributed by atoms with E-state index < -0.39 is 0 Å². The normalized spacial score (nSPS) is 11.6. The molecule has 14 heavy (non-hydrogen) atoms. The van der Waals surface area contributed by atoms with E-state index in [1.54, 1.807) is 6.20 Å². The molecule has 0 aromatic carbocycles. The molecule has 0 aliphatic heterocycles. The Morgan fingerprint density at radius 3 is 2.57 bits per heavy atom. The van der Waals surface area contributed by atoms with Crippen LogP contribution >= 0.6 is 11.8 Å². The molecule has 2 N–H and O–H groups in total. The smallest absolute Gasteiger partial charge is 0.123 e. The maximum absolute atomic E-state index is 5.84. The minimum atomic E-state index is 0.389. The van der Waals surface area contributed by atoms with Crippen molar-refractivity contribution in [3.8, 4) is 0 Å². The van der Waals surface area contributed by atoms with Crippen LogP contribution in [0.1, 0.15) is 39.6 Å². The predicted molar refractivity (Wildman–Crippen MR) is 63.5 cm³/mol. The Morgan fingerprint density at radius 1 is 1.43 bits per heavy atom. The lowest BCUT2D eigenvalue weighted by Crippen LogP contribution is -2.09. The summed E-state index contributed by atoms with van der Waals surface area (Å²) in [5.41, 5.74) is 5.84. The van der Waals surface area contributed by atoms with E-state index in [4.69, 9.17) is 5.73 Å². The summed E-state index contributed by atoms with van der Waals surface area (Å²) in [5.74, 6) is 2.78. The van der Waals surface area contributed by atoms with E-state index in [2.05, 4.69) is 37.2 Å². The molecule has 1 aromatic heterocycles. The van der Waals surface area contributed by atoms with Crippen molar-refractivity contribution in [1.82, 2.24) is 9.55 Å². The van der Waals surface area contributed by atoms with Gasteiger partial charge < -0.3 is 10.3 Å². The molecule has 0 aliphatic carbocycles. The Balaban J connectivity index is 2.76. The summed E-state index contributed by atoms with van der Waals surface area (Å²) in [6.07, 6.45) is 1.75. The molecule has 0 unspecified atom stereocenters. The summed E-state index contributed by atoms with van der Waals surface area (Å²) in [5, 5.41) is 0.633. The average molecular weight is 213 g/mol. The van der Waals surface area contributed by atoms with Gasteiger partial charge in [0, 0.05) is 6.04 Å². The van der Waals surface area contributed by atoms with Gasteiger partial charge in [-0.2, -0.15) is 11.8 Å². The summed E-state index contributed by atoms with van der Waals surface area (Å²) >= 11 is 1.89. The van der Waals surface area contributed by atoms with E-state index in [0.29, 0.717) is 11.3 Å². The van der Waals surface area contributed by atoms with Crippen LogP contribution in [0.25, 0.3) is 0 Å². The maximum Gasteiger partial charge on any atom is 0.123 e. The molecule has 0 amide bonds. The highest BCUT2D eigenvalue weighted by molar-refractivity contribution is 7.99. The quantitative estimate of drug-likeness (QED) is 0.836. The lowest BCUT2D eigenvalue weighted by atomic mass is 10.4. The number of thioether (sulfide) groups is 1. The first kappa shape index (κ1) is 11.4. The molecular formula is C10H19N3S. The van der Waals surface area contributed by atoms with Gasteiger partial charge in [-0.15, -0.1) is 0 Å². The first-order valence-corrected chi connectivity index (χ1v) is 6.00.